The number of carbonyl (C=O) groups excluding carboxylic acids is 4. The summed E-state index contributed by atoms with van der Waals surface area (Å²) in [7, 11) is 4.11. The van der Waals surface area contributed by atoms with E-state index < -0.39 is 48.6 Å². The molecule has 0 radical (unpaired) electrons. The lowest BCUT2D eigenvalue weighted by atomic mass is 9.73. The quantitative estimate of drug-likeness (QED) is 0.162. The molecule has 8 aliphatic rings. The van der Waals surface area contributed by atoms with Crippen molar-refractivity contribution in [2.24, 2.45) is 0 Å². The minimum atomic E-state index is -0.846. The van der Waals surface area contributed by atoms with Crippen LogP contribution < -0.4 is 18.9 Å². The van der Waals surface area contributed by atoms with Gasteiger partial charge in [0.1, 0.15) is 0 Å². The predicted molar refractivity (Wildman–Crippen MR) is 210 cm³/mol. The number of benzene rings is 3. The van der Waals surface area contributed by atoms with E-state index in [1.165, 1.54) is 5.57 Å². The maximum absolute atomic E-state index is 13.8. The molecule has 9 atom stereocenters. The molecule has 11 rings (SSSR count). The van der Waals surface area contributed by atoms with E-state index in [1.807, 2.05) is 31.2 Å². The number of unbranched alkanes of at least 4 members (excludes halogenated alkanes) is 1. The average molecular weight is 817 g/mol. The van der Waals surface area contributed by atoms with E-state index in [0.717, 1.165) is 55.5 Å². The highest BCUT2D eigenvalue weighted by molar-refractivity contribution is 5.95. The van der Waals surface area contributed by atoms with Crippen molar-refractivity contribution in [3.63, 3.8) is 0 Å². The summed E-state index contributed by atoms with van der Waals surface area (Å²) in [5.74, 6) is -0.471. The summed E-state index contributed by atoms with van der Waals surface area (Å²) in [4.78, 5) is 58.0. The molecule has 0 spiro atoms. The second-order valence-corrected chi connectivity index (χ2v) is 16.9. The van der Waals surface area contributed by atoms with E-state index in [-0.39, 0.29) is 36.7 Å². The first kappa shape index (κ1) is 37.2. The average Bonchev–Trinajstić information content (AvgIpc) is 4.05. The first-order chi connectivity index (χ1) is 29.1. The number of likely N-dealkylation sites (tertiary alicyclic amines) is 2. The van der Waals surface area contributed by atoms with Gasteiger partial charge in [0.15, 0.2) is 47.4 Å². The van der Waals surface area contributed by atoms with Crippen LogP contribution >= 0.6 is 0 Å². The molecule has 310 valence electrons. The lowest BCUT2D eigenvalue weighted by Crippen LogP contribution is -2.52. The van der Waals surface area contributed by atoms with Crippen LogP contribution in [0.2, 0.25) is 0 Å². The molecule has 0 aromatic heterocycles. The molecule has 0 N–H and O–H groups in total. The summed E-state index contributed by atoms with van der Waals surface area (Å²) in [6.45, 7) is 3.76. The highest BCUT2D eigenvalue weighted by Crippen LogP contribution is 2.52. The molecule has 2 fully saturated rings. The second kappa shape index (κ2) is 14.1. The van der Waals surface area contributed by atoms with Crippen LogP contribution in [0.4, 0.5) is 0 Å². The van der Waals surface area contributed by atoms with Gasteiger partial charge in [-0.3, -0.25) is 14.6 Å². The van der Waals surface area contributed by atoms with Gasteiger partial charge < -0.3 is 37.9 Å². The number of ether oxygens (including phenoxy) is 8. The maximum atomic E-state index is 13.8. The van der Waals surface area contributed by atoms with Gasteiger partial charge in [-0.15, -0.1) is 0 Å². The molecule has 14 heteroatoms. The monoisotopic (exact) mass is 816 g/mol. The summed E-state index contributed by atoms with van der Waals surface area (Å²) >= 11 is 0. The highest BCUT2D eigenvalue weighted by atomic mass is 16.7. The maximum Gasteiger partial charge on any atom is 0.339 e. The molecular formula is C46H44N2O12. The topological polar surface area (TPSA) is 149 Å². The number of hydrogen-bond donors (Lipinski definition) is 0. The lowest BCUT2D eigenvalue weighted by molar-refractivity contribution is -0.154. The van der Waals surface area contributed by atoms with Crippen molar-refractivity contribution in [3.8, 4) is 23.0 Å². The van der Waals surface area contributed by atoms with Crippen LogP contribution in [0.5, 0.6) is 23.0 Å². The largest absolute Gasteiger partial charge is 0.454 e. The normalized spacial score (nSPS) is 30.4. The smallest absolute Gasteiger partial charge is 0.339 e. The Morgan fingerprint density at radius 2 is 1.23 bits per heavy atom. The Morgan fingerprint density at radius 3 is 1.83 bits per heavy atom. The molecular weight excluding hydrogens is 773 g/mol. The molecule has 14 nitrogen and oxygen atoms in total. The first-order valence-electron chi connectivity index (χ1n) is 20.8. The minimum absolute atomic E-state index is 0.0254. The van der Waals surface area contributed by atoms with E-state index in [2.05, 4.69) is 23.9 Å². The number of carbonyl (C=O) groups is 4. The minimum Gasteiger partial charge on any atom is -0.454 e. The zero-order chi connectivity index (χ0) is 41.0. The summed E-state index contributed by atoms with van der Waals surface area (Å²) in [6, 6.07) is 13.8. The van der Waals surface area contributed by atoms with Gasteiger partial charge in [-0.25, -0.2) is 14.4 Å². The summed E-state index contributed by atoms with van der Waals surface area (Å²) in [5, 5.41) is 0. The van der Waals surface area contributed by atoms with Gasteiger partial charge in [-0.05, 0) is 93.0 Å². The molecule has 0 saturated carbocycles. The fourth-order valence-electron chi connectivity index (χ4n) is 10.6. The molecule has 2 saturated heterocycles. The molecule has 60 heavy (non-hydrogen) atoms. The van der Waals surface area contributed by atoms with Crippen molar-refractivity contribution < 1.29 is 57.1 Å². The Morgan fingerprint density at radius 1 is 0.700 bits per heavy atom. The van der Waals surface area contributed by atoms with Crippen LogP contribution in [0.3, 0.4) is 0 Å². The van der Waals surface area contributed by atoms with E-state index in [1.54, 1.807) is 36.4 Å². The van der Waals surface area contributed by atoms with Crippen LogP contribution in [-0.2, 0) is 23.7 Å². The van der Waals surface area contributed by atoms with E-state index in [4.69, 9.17) is 37.9 Å². The SMILES string of the molecule is CCCCC(=O)O[C@H]1C=C2CCN(C)[C@H]2[C@@H]2c3cc4c(cc3C(=O)O[C@@H]21)OC(c1ccc(C(=O)O[C@H]2C=C3CCN(C)[C@H]3[C@@H]3c5cc6c(cc5C(=O)O[C@@H]32)OCO6)cc1)O4. The van der Waals surface area contributed by atoms with E-state index >= 15 is 0 Å². The third-order valence-corrected chi connectivity index (χ3v) is 13.4. The number of fused-ring (bicyclic) bond motifs is 12. The van der Waals surface area contributed by atoms with Crippen molar-refractivity contribution >= 4 is 23.9 Å². The number of hydrogen-bond acceptors (Lipinski definition) is 14. The van der Waals surface area contributed by atoms with Gasteiger partial charge in [-0.1, -0.05) is 36.6 Å². The van der Waals surface area contributed by atoms with Crippen LogP contribution in [0.15, 0.2) is 71.8 Å². The summed E-state index contributed by atoms with van der Waals surface area (Å²) in [6.07, 6.45) is 3.71. The van der Waals surface area contributed by atoms with Gasteiger partial charge in [0.25, 0.3) is 6.29 Å². The standard InChI is InChI=1S/C46H44N2O12/c1-4-5-6-36(49)55-34-15-24-11-13-47(2)39(24)38-27-18-32-33(20-29(27)45(52)59-41(34)38)58-46(57-32)23-9-7-22(8-10-23)43(50)56-35-16-25-12-14-48(3)40(25)37-26-17-30-31(54-21-53-30)19-28(26)44(51)60-42(35)37/h7-10,15-20,34-35,37-42,46H,4-6,11-14,21H2,1-3H3/t34-,35-,37-,38-,39+,40+,41+,42+,46?/m0/s1. The summed E-state index contributed by atoms with van der Waals surface area (Å²) < 4.78 is 48.1. The van der Waals surface area contributed by atoms with Gasteiger partial charge in [-0.2, -0.15) is 0 Å². The van der Waals surface area contributed by atoms with Gasteiger partial charge >= 0.3 is 23.9 Å². The second-order valence-electron chi connectivity index (χ2n) is 16.9. The number of esters is 4. The Balaban J connectivity index is 0.821. The third-order valence-electron chi connectivity index (χ3n) is 13.4. The Kier molecular flexibility index (Phi) is 8.75. The first-order valence-corrected chi connectivity index (χ1v) is 20.8. The molecule has 6 aliphatic heterocycles. The Bertz CT molecular complexity index is 2410. The summed E-state index contributed by atoms with van der Waals surface area (Å²) in [5.41, 5.74) is 5.64. The molecule has 0 amide bonds. The van der Waals surface area contributed by atoms with Crippen molar-refractivity contribution in [1.82, 2.24) is 9.80 Å². The van der Waals surface area contributed by atoms with Crippen molar-refractivity contribution in [3.05, 3.63) is 105 Å². The number of likely N-dealkylation sites (N-methyl/N-ethyl adjacent to an activating group) is 2. The van der Waals surface area contributed by atoms with Gasteiger partial charge in [0.05, 0.1) is 16.7 Å². The van der Waals surface area contributed by atoms with Crippen molar-refractivity contribution in [2.45, 2.75) is 93.7 Å². The van der Waals surface area contributed by atoms with Crippen LogP contribution in [0.1, 0.15) is 105 Å². The highest BCUT2D eigenvalue weighted by Gasteiger charge is 2.54. The van der Waals surface area contributed by atoms with Crippen LogP contribution in [0.25, 0.3) is 0 Å². The Hall–Kier alpha value is -5.86. The van der Waals surface area contributed by atoms with Crippen LogP contribution in [0, 0.1) is 0 Å². The van der Waals surface area contributed by atoms with E-state index in [9.17, 15) is 19.2 Å². The molecule has 3 aromatic rings. The van der Waals surface area contributed by atoms with Gasteiger partial charge in [0, 0.05) is 49.0 Å². The predicted octanol–water partition coefficient (Wildman–Crippen LogP) is 5.75. The molecule has 0 bridgehead atoms. The van der Waals surface area contributed by atoms with E-state index in [0.29, 0.717) is 51.7 Å². The molecule has 1 unspecified atom stereocenters. The zero-order valence-corrected chi connectivity index (χ0v) is 33.4. The molecule has 2 aliphatic carbocycles. The van der Waals surface area contributed by atoms with Crippen molar-refractivity contribution in [2.75, 3.05) is 34.0 Å². The van der Waals surface area contributed by atoms with Gasteiger partial charge in [0.2, 0.25) is 6.79 Å². The van der Waals surface area contributed by atoms with Crippen LogP contribution in [-0.4, -0.2) is 104 Å². The molecule has 6 heterocycles. The van der Waals surface area contributed by atoms with Crippen molar-refractivity contribution in [1.29, 1.82) is 0 Å². The Labute approximate surface area is 345 Å². The fraction of sp³-hybridized carbons (Fsp3) is 0.435. The number of nitrogens with zero attached hydrogens (tertiary/aromatic N) is 2. The molecule has 3 aromatic carbocycles. The fourth-order valence-corrected chi connectivity index (χ4v) is 10.6. The zero-order valence-electron chi connectivity index (χ0n) is 33.4. The third kappa shape index (κ3) is 5.89. The number of rotatable bonds is 7. The lowest BCUT2D eigenvalue weighted by Gasteiger charge is -2.44.